The van der Waals surface area contributed by atoms with Gasteiger partial charge >= 0.3 is 0 Å². The van der Waals surface area contributed by atoms with E-state index >= 15 is 0 Å². The zero-order valence-corrected chi connectivity index (χ0v) is 12.7. The molecule has 1 aromatic carbocycles. The lowest BCUT2D eigenvalue weighted by Crippen LogP contribution is -2.32. The summed E-state index contributed by atoms with van der Waals surface area (Å²) < 4.78 is 16.2. The van der Waals surface area contributed by atoms with E-state index in [1.54, 1.807) is 21.3 Å². The molecule has 0 spiro atoms. The molecule has 1 aliphatic rings. The Morgan fingerprint density at radius 1 is 1.10 bits per heavy atom. The maximum Gasteiger partial charge on any atom is 0.164 e. The largest absolute Gasteiger partial charge is 0.496 e. The first kappa shape index (κ1) is 14.9. The number of ether oxygens (including phenoxy) is 3. The molecule has 2 N–H and O–H groups in total. The highest BCUT2D eigenvalue weighted by Crippen LogP contribution is 2.42. The lowest BCUT2D eigenvalue weighted by atomic mass is 9.99. The van der Waals surface area contributed by atoms with Gasteiger partial charge in [-0.15, -0.1) is 0 Å². The zero-order chi connectivity index (χ0) is 14.7. The summed E-state index contributed by atoms with van der Waals surface area (Å²) in [6, 6.07) is 4.13. The number of hydrogen-bond donors (Lipinski definition) is 1. The molecular weight excluding hydrogens is 256 g/mol. The van der Waals surface area contributed by atoms with Crippen LogP contribution in [0.5, 0.6) is 17.2 Å². The van der Waals surface area contributed by atoms with Crippen molar-refractivity contribution in [3.05, 3.63) is 17.7 Å². The predicted molar refractivity (Wildman–Crippen MR) is 78.7 cm³/mol. The van der Waals surface area contributed by atoms with Gasteiger partial charge in [-0.1, -0.05) is 6.92 Å². The second kappa shape index (κ2) is 6.33. The van der Waals surface area contributed by atoms with Crippen LogP contribution in [-0.4, -0.2) is 45.4 Å². The smallest absolute Gasteiger partial charge is 0.164 e. The van der Waals surface area contributed by atoms with Crippen molar-refractivity contribution in [1.82, 2.24) is 4.90 Å². The standard InChI is InChI=1S/C15H24N2O3/c1-5-17-7-6-11(16)15(17)10-8-13(19-3)14(20-4)9-12(10)18-2/h8-9,11,15H,5-7,16H2,1-4H3. The molecule has 0 bridgehead atoms. The van der Waals surface area contributed by atoms with Crippen molar-refractivity contribution in [3.8, 4) is 17.2 Å². The van der Waals surface area contributed by atoms with E-state index in [4.69, 9.17) is 19.9 Å². The Balaban J connectivity index is 2.48. The Bertz CT molecular complexity index is 465. The molecule has 1 fully saturated rings. The molecule has 2 atom stereocenters. The average molecular weight is 280 g/mol. The molecule has 0 radical (unpaired) electrons. The molecule has 2 rings (SSSR count). The minimum absolute atomic E-state index is 0.113. The minimum Gasteiger partial charge on any atom is -0.496 e. The molecule has 0 aliphatic carbocycles. The Morgan fingerprint density at radius 2 is 1.70 bits per heavy atom. The number of nitrogens with two attached hydrogens (primary N) is 1. The maximum absolute atomic E-state index is 6.29. The van der Waals surface area contributed by atoms with E-state index in [0.717, 1.165) is 30.8 Å². The summed E-state index contributed by atoms with van der Waals surface area (Å²) in [6.45, 7) is 4.13. The highest BCUT2D eigenvalue weighted by atomic mass is 16.5. The van der Waals surface area contributed by atoms with E-state index in [2.05, 4.69) is 11.8 Å². The number of likely N-dealkylation sites (N-methyl/N-ethyl adjacent to an activating group) is 1. The molecule has 1 aromatic rings. The van der Waals surface area contributed by atoms with Gasteiger partial charge in [-0.3, -0.25) is 4.90 Å². The van der Waals surface area contributed by atoms with Gasteiger partial charge < -0.3 is 19.9 Å². The van der Waals surface area contributed by atoms with Crippen molar-refractivity contribution in [2.45, 2.75) is 25.4 Å². The summed E-state index contributed by atoms with van der Waals surface area (Å²) in [5, 5.41) is 0. The number of likely N-dealkylation sites (tertiary alicyclic amines) is 1. The highest BCUT2D eigenvalue weighted by Gasteiger charge is 2.34. The molecule has 0 aromatic heterocycles. The number of benzene rings is 1. The predicted octanol–water partition coefficient (Wildman–Crippen LogP) is 1.81. The van der Waals surface area contributed by atoms with Crippen LogP contribution in [0.15, 0.2) is 12.1 Å². The van der Waals surface area contributed by atoms with E-state index in [1.807, 2.05) is 12.1 Å². The van der Waals surface area contributed by atoms with Crippen LogP contribution in [-0.2, 0) is 0 Å². The molecule has 2 unspecified atom stereocenters. The molecule has 5 nitrogen and oxygen atoms in total. The second-order valence-electron chi connectivity index (χ2n) is 4.98. The monoisotopic (exact) mass is 280 g/mol. The van der Waals surface area contributed by atoms with Crippen LogP contribution in [0, 0.1) is 0 Å². The molecule has 5 heteroatoms. The van der Waals surface area contributed by atoms with Crippen LogP contribution < -0.4 is 19.9 Å². The third kappa shape index (κ3) is 2.55. The Labute approximate surface area is 120 Å². The quantitative estimate of drug-likeness (QED) is 0.891. The average Bonchev–Trinajstić information content (AvgIpc) is 2.86. The molecule has 1 heterocycles. The number of rotatable bonds is 5. The van der Waals surface area contributed by atoms with Gasteiger partial charge in [0.15, 0.2) is 11.5 Å². The first-order valence-electron chi connectivity index (χ1n) is 6.95. The van der Waals surface area contributed by atoms with Crippen molar-refractivity contribution in [1.29, 1.82) is 0 Å². The number of nitrogens with zero attached hydrogens (tertiary/aromatic N) is 1. The number of methoxy groups -OCH3 is 3. The third-order valence-electron chi connectivity index (χ3n) is 4.01. The second-order valence-corrected chi connectivity index (χ2v) is 4.98. The molecule has 1 saturated heterocycles. The number of hydrogen-bond acceptors (Lipinski definition) is 5. The SMILES string of the molecule is CCN1CCC(N)C1c1cc(OC)c(OC)cc1OC. The van der Waals surface area contributed by atoms with Gasteiger partial charge in [-0.25, -0.2) is 0 Å². The summed E-state index contributed by atoms with van der Waals surface area (Å²) in [5.41, 5.74) is 7.36. The van der Waals surface area contributed by atoms with Gasteiger partial charge in [-0.05, 0) is 19.0 Å². The van der Waals surface area contributed by atoms with Crippen molar-refractivity contribution < 1.29 is 14.2 Å². The Hall–Kier alpha value is -1.46. The topological polar surface area (TPSA) is 57.0 Å². The van der Waals surface area contributed by atoms with Crippen molar-refractivity contribution in [3.63, 3.8) is 0 Å². The van der Waals surface area contributed by atoms with E-state index in [1.165, 1.54) is 0 Å². The van der Waals surface area contributed by atoms with Crippen LogP contribution in [0.4, 0.5) is 0 Å². The molecule has 20 heavy (non-hydrogen) atoms. The Morgan fingerprint density at radius 3 is 2.25 bits per heavy atom. The summed E-state index contributed by atoms with van der Waals surface area (Å²) in [5.74, 6) is 2.17. The van der Waals surface area contributed by atoms with Gasteiger partial charge in [-0.2, -0.15) is 0 Å². The van der Waals surface area contributed by atoms with E-state index < -0.39 is 0 Å². The van der Waals surface area contributed by atoms with Gasteiger partial charge in [0.2, 0.25) is 0 Å². The summed E-state index contributed by atoms with van der Waals surface area (Å²) in [4.78, 5) is 2.37. The zero-order valence-electron chi connectivity index (χ0n) is 12.7. The summed E-state index contributed by atoms with van der Waals surface area (Å²) in [6.07, 6.45) is 0.996. The van der Waals surface area contributed by atoms with Crippen molar-refractivity contribution in [2.75, 3.05) is 34.4 Å². The lowest BCUT2D eigenvalue weighted by molar-refractivity contribution is 0.252. The van der Waals surface area contributed by atoms with Crippen LogP contribution in [0.3, 0.4) is 0 Å². The fourth-order valence-corrected chi connectivity index (χ4v) is 2.95. The highest BCUT2D eigenvalue weighted by molar-refractivity contribution is 5.52. The fourth-order valence-electron chi connectivity index (χ4n) is 2.95. The molecule has 0 saturated carbocycles. The maximum atomic E-state index is 6.29. The van der Waals surface area contributed by atoms with Crippen molar-refractivity contribution in [2.24, 2.45) is 5.73 Å². The fraction of sp³-hybridized carbons (Fsp3) is 0.600. The van der Waals surface area contributed by atoms with Gasteiger partial charge in [0.25, 0.3) is 0 Å². The first-order chi connectivity index (χ1) is 9.65. The minimum atomic E-state index is 0.113. The van der Waals surface area contributed by atoms with E-state index in [-0.39, 0.29) is 12.1 Å². The lowest BCUT2D eigenvalue weighted by Gasteiger charge is -2.28. The van der Waals surface area contributed by atoms with Crippen LogP contribution in [0.1, 0.15) is 24.9 Å². The van der Waals surface area contributed by atoms with Gasteiger partial charge in [0, 0.05) is 24.2 Å². The summed E-state index contributed by atoms with van der Waals surface area (Å²) >= 11 is 0. The molecule has 112 valence electrons. The molecule has 1 aliphatic heterocycles. The van der Waals surface area contributed by atoms with E-state index in [9.17, 15) is 0 Å². The van der Waals surface area contributed by atoms with Crippen LogP contribution in [0.2, 0.25) is 0 Å². The van der Waals surface area contributed by atoms with Crippen molar-refractivity contribution >= 4 is 0 Å². The van der Waals surface area contributed by atoms with Gasteiger partial charge in [0.05, 0.1) is 27.4 Å². The third-order valence-corrected chi connectivity index (χ3v) is 4.01. The normalized spacial score (nSPS) is 22.9. The molecule has 0 amide bonds. The Kier molecular flexibility index (Phi) is 4.73. The van der Waals surface area contributed by atoms with Gasteiger partial charge in [0.1, 0.15) is 5.75 Å². The van der Waals surface area contributed by atoms with E-state index in [0.29, 0.717) is 11.5 Å². The van der Waals surface area contributed by atoms with Crippen LogP contribution >= 0.6 is 0 Å². The van der Waals surface area contributed by atoms with Crippen LogP contribution in [0.25, 0.3) is 0 Å². The molecular formula is C15H24N2O3. The summed E-state index contributed by atoms with van der Waals surface area (Å²) in [7, 11) is 4.93. The first-order valence-corrected chi connectivity index (χ1v) is 6.95.